The molecule has 3 heterocycles. The van der Waals surface area contributed by atoms with E-state index < -0.39 is 0 Å². The van der Waals surface area contributed by atoms with Crippen LogP contribution in [0.25, 0.3) is 0 Å². The summed E-state index contributed by atoms with van der Waals surface area (Å²) in [4.78, 5) is 7.59. The van der Waals surface area contributed by atoms with Crippen molar-refractivity contribution in [1.29, 1.82) is 0 Å². The molecule has 23 heavy (non-hydrogen) atoms. The van der Waals surface area contributed by atoms with E-state index >= 15 is 0 Å². The maximum absolute atomic E-state index is 4.23. The Morgan fingerprint density at radius 2 is 1.87 bits per heavy atom. The average Bonchev–Trinajstić information content (AvgIpc) is 3.34. The molecule has 0 spiro atoms. The zero-order valence-electron chi connectivity index (χ0n) is 14.0. The van der Waals surface area contributed by atoms with Crippen molar-refractivity contribution >= 4 is 52.2 Å². The third-order valence-electron chi connectivity index (χ3n) is 2.48. The Bertz CT molecular complexity index is 354. The molecule has 0 amide bonds. The number of hydrogen-bond acceptors (Lipinski definition) is 8. The lowest BCUT2D eigenvalue weighted by atomic mass is 10.5. The van der Waals surface area contributed by atoms with Crippen LogP contribution in [0.2, 0.25) is 0 Å². The van der Waals surface area contributed by atoms with Crippen molar-refractivity contribution in [2.75, 3.05) is 49.3 Å². The molecule has 3 rings (SSSR count). The molecule has 4 nitrogen and oxygen atoms in total. The van der Waals surface area contributed by atoms with Gasteiger partial charge in [0.1, 0.15) is 0 Å². The number of nitrogens with zero attached hydrogens (tertiary/aromatic N) is 2. The Labute approximate surface area is 158 Å². The molecule has 0 saturated carbocycles. The van der Waals surface area contributed by atoms with E-state index in [2.05, 4.69) is 44.9 Å². The molecular formula is C15H28N4S4. The highest BCUT2D eigenvalue weighted by Crippen LogP contribution is 2.02. The maximum atomic E-state index is 4.23. The summed E-state index contributed by atoms with van der Waals surface area (Å²) in [6, 6.07) is 0. The van der Waals surface area contributed by atoms with Crippen LogP contribution in [0.5, 0.6) is 0 Å². The van der Waals surface area contributed by atoms with Crippen molar-refractivity contribution in [3.8, 4) is 0 Å². The summed E-state index contributed by atoms with van der Waals surface area (Å²) in [6.07, 6.45) is 2.90. The molecule has 132 valence electrons. The minimum atomic E-state index is 0.753. The van der Waals surface area contributed by atoms with E-state index in [1.165, 1.54) is 47.8 Å². The molecule has 0 unspecified atom stereocenters. The predicted octanol–water partition coefficient (Wildman–Crippen LogP) is 3.42. The first-order chi connectivity index (χ1) is 11.3. The lowest BCUT2D eigenvalue weighted by molar-refractivity contribution is 0.756. The topological polar surface area (TPSA) is 49.3 Å². The van der Waals surface area contributed by atoms with Gasteiger partial charge < -0.3 is 10.6 Å². The standard InChI is InChI=1S/C5H7NS.C4H9NS.C3H7NS.C3H5NS/c1-2-5-6-3-4-7-5;1-3-6-4-2-5-1;1-2-5-3-4-1;1-2-4-3-5/h3-4H,2H2,1H3;5H,1-4H2;4H,1-3H2;2H2,1H3. The summed E-state index contributed by atoms with van der Waals surface area (Å²) < 4.78 is 0. The van der Waals surface area contributed by atoms with Crippen LogP contribution in [0.4, 0.5) is 0 Å². The van der Waals surface area contributed by atoms with Crippen LogP contribution < -0.4 is 10.6 Å². The zero-order valence-corrected chi connectivity index (χ0v) is 17.3. The number of thiazole rings is 1. The number of aryl methyl sites for hydroxylation is 1. The van der Waals surface area contributed by atoms with Crippen LogP contribution in [-0.2, 0) is 6.42 Å². The van der Waals surface area contributed by atoms with Gasteiger partial charge in [0.2, 0.25) is 0 Å². The van der Waals surface area contributed by atoms with Crippen LogP contribution >= 0.6 is 47.1 Å². The van der Waals surface area contributed by atoms with Gasteiger partial charge >= 0.3 is 0 Å². The van der Waals surface area contributed by atoms with Crippen LogP contribution in [0.15, 0.2) is 16.6 Å². The van der Waals surface area contributed by atoms with Gasteiger partial charge in [0.25, 0.3) is 0 Å². The highest BCUT2D eigenvalue weighted by Gasteiger charge is 1.94. The second kappa shape index (κ2) is 20.1. The van der Waals surface area contributed by atoms with Crippen LogP contribution in [-0.4, -0.2) is 59.5 Å². The third kappa shape index (κ3) is 18.2. The van der Waals surface area contributed by atoms with E-state index in [0.29, 0.717) is 0 Å². The molecular weight excluding hydrogens is 364 g/mol. The van der Waals surface area contributed by atoms with Crippen molar-refractivity contribution < 1.29 is 0 Å². The maximum Gasteiger partial charge on any atom is 0.0922 e. The molecule has 0 aromatic carbocycles. The summed E-state index contributed by atoms with van der Waals surface area (Å²) >= 11 is 9.94. The smallest absolute Gasteiger partial charge is 0.0922 e. The zero-order chi connectivity index (χ0) is 17.0. The van der Waals surface area contributed by atoms with Crippen molar-refractivity contribution in [2.24, 2.45) is 4.99 Å². The minimum Gasteiger partial charge on any atom is -0.315 e. The Kier molecular flexibility index (Phi) is 20.1. The van der Waals surface area contributed by atoms with Gasteiger partial charge in [0, 0.05) is 60.9 Å². The van der Waals surface area contributed by atoms with Gasteiger partial charge in [-0.25, -0.2) is 9.98 Å². The quantitative estimate of drug-likeness (QED) is 0.594. The van der Waals surface area contributed by atoms with Gasteiger partial charge in [-0.15, -0.1) is 23.1 Å². The van der Waals surface area contributed by atoms with Gasteiger partial charge in [-0.2, -0.15) is 11.8 Å². The van der Waals surface area contributed by atoms with Crippen molar-refractivity contribution in [1.82, 2.24) is 15.6 Å². The number of aromatic nitrogens is 1. The summed E-state index contributed by atoms with van der Waals surface area (Å²) in [7, 11) is 0. The van der Waals surface area contributed by atoms with Gasteiger partial charge in [-0.3, -0.25) is 0 Å². The van der Waals surface area contributed by atoms with Crippen molar-refractivity contribution in [3.05, 3.63) is 16.6 Å². The molecule has 2 fully saturated rings. The molecule has 1 aromatic rings. The average molecular weight is 393 g/mol. The highest BCUT2D eigenvalue weighted by molar-refractivity contribution is 7.99. The lowest BCUT2D eigenvalue weighted by Gasteiger charge is -2.08. The molecule has 2 aliphatic heterocycles. The van der Waals surface area contributed by atoms with Gasteiger partial charge in [-0.1, -0.05) is 6.92 Å². The second-order valence-corrected chi connectivity index (χ2v) is 7.75. The number of thioether (sulfide) groups is 2. The molecule has 8 heteroatoms. The van der Waals surface area contributed by atoms with E-state index in [9.17, 15) is 0 Å². The van der Waals surface area contributed by atoms with E-state index in [4.69, 9.17) is 0 Å². The number of rotatable bonds is 2. The highest BCUT2D eigenvalue weighted by atomic mass is 32.2. The molecule has 0 bridgehead atoms. The van der Waals surface area contributed by atoms with Crippen LogP contribution in [0, 0.1) is 0 Å². The number of hydrogen-bond donors (Lipinski definition) is 2. The molecule has 2 saturated heterocycles. The summed E-state index contributed by atoms with van der Waals surface area (Å²) in [5.74, 6) is 5.08. The van der Waals surface area contributed by atoms with E-state index in [-0.39, 0.29) is 0 Å². The Balaban J connectivity index is 0.000000284. The fraction of sp³-hybridized carbons (Fsp3) is 0.733. The summed E-state index contributed by atoms with van der Waals surface area (Å²) in [5.41, 5.74) is 0. The number of isothiocyanates is 1. The van der Waals surface area contributed by atoms with Gasteiger partial charge in [-0.05, 0) is 25.6 Å². The minimum absolute atomic E-state index is 0.753. The van der Waals surface area contributed by atoms with E-state index in [1.54, 1.807) is 11.3 Å². The van der Waals surface area contributed by atoms with Gasteiger partial charge in [0.05, 0.1) is 10.2 Å². The van der Waals surface area contributed by atoms with E-state index in [0.717, 1.165) is 13.0 Å². The van der Waals surface area contributed by atoms with Crippen molar-refractivity contribution in [3.63, 3.8) is 0 Å². The predicted molar refractivity (Wildman–Crippen MR) is 113 cm³/mol. The van der Waals surface area contributed by atoms with Crippen LogP contribution in [0.1, 0.15) is 18.9 Å². The fourth-order valence-electron chi connectivity index (χ4n) is 1.37. The largest absolute Gasteiger partial charge is 0.315 e. The summed E-state index contributed by atoms with van der Waals surface area (Å²) in [5, 5.41) is 11.9. The number of aliphatic imine (C=N–C) groups is 1. The Morgan fingerprint density at radius 1 is 1.17 bits per heavy atom. The first kappa shape index (κ1) is 23.1. The molecule has 1 aromatic heterocycles. The molecule has 2 N–H and O–H groups in total. The first-order valence-corrected chi connectivity index (χ1v) is 11.4. The first-order valence-electron chi connectivity index (χ1n) is 7.84. The number of nitrogens with one attached hydrogen (secondary N) is 2. The SMILES string of the molecule is C1CSCCN1.C1CSCN1.CCN=C=S.CCc1nccs1. The van der Waals surface area contributed by atoms with Crippen molar-refractivity contribution in [2.45, 2.75) is 20.3 Å². The molecule has 0 atom stereocenters. The molecule has 0 aliphatic carbocycles. The second-order valence-electron chi connectivity index (χ2n) is 4.26. The normalized spacial score (nSPS) is 15.6. The summed E-state index contributed by atoms with van der Waals surface area (Å²) in [6.45, 7) is 8.42. The number of thiocarbonyl (C=S) groups is 1. The Morgan fingerprint density at radius 3 is 2.04 bits per heavy atom. The van der Waals surface area contributed by atoms with Crippen LogP contribution in [0.3, 0.4) is 0 Å². The third-order valence-corrected chi connectivity index (χ3v) is 5.42. The Hall–Kier alpha value is 0.0500. The van der Waals surface area contributed by atoms with E-state index in [1.807, 2.05) is 42.0 Å². The lowest BCUT2D eigenvalue weighted by Crippen LogP contribution is -2.24. The fourth-order valence-corrected chi connectivity index (χ4v) is 3.57. The van der Waals surface area contributed by atoms with Gasteiger partial charge in [0.15, 0.2) is 0 Å². The molecule has 2 aliphatic rings. The molecule has 0 radical (unpaired) electrons. The monoisotopic (exact) mass is 392 g/mol.